The molecule has 0 amide bonds. The second kappa shape index (κ2) is 10.0. The van der Waals surface area contributed by atoms with Crippen molar-refractivity contribution in [1.29, 1.82) is 0 Å². The van der Waals surface area contributed by atoms with Crippen molar-refractivity contribution in [2.24, 2.45) is 0 Å². The van der Waals surface area contributed by atoms with E-state index in [1.165, 1.54) is 12.8 Å². The molecule has 0 fully saturated rings. The number of rotatable bonds is 9. The fraction of sp³-hybridized carbons (Fsp3) is 0.583. The molecule has 1 N–H and O–H groups in total. The number of allylic oxidation sites excluding steroid dienone is 3. The summed E-state index contributed by atoms with van der Waals surface area (Å²) < 4.78 is 0. The Morgan fingerprint density at radius 2 is 1.79 bits per heavy atom. The topological polar surface area (TPSA) is 37.3 Å². The molecule has 0 saturated carbocycles. The van der Waals surface area contributed by atoms with Gasteiger partial charge in [0.15, 0.2) is 0 Å². The first-order valence-corrected chi connectivity index (χ1v) is 5.26. The maximum atomic E-state index is 10.2. The molecule has 0 atom stereocenters. The molecule has 2 heteroatoms. The van der Waals surface area contributed by atoms with Crippen molar-refractivity contribution >= 4 is 5.97 Å². The largest absolute Gasteiger partial charge is 0.481 e. The molecule has 0 heterocycles. The summed E-state index contributed by atoms with van der Waals surface area (Å²) in [6.45, 7) is 3.59. The first-order chi connectivity index (χ1) is 6.77. The van der Waals surface area contributed by atoms with Crippen LogP contribution in [0.2, 0.25) is 0 Å². The molecule has 0 aromatic heterocycles. The zero-order chi connectivity index (χ0) is 10.6. The third kappa shape index (κ3) is 11.0. The summed E-state index contributed by atoms with van der Waals surface area (Å²) in [5.74, 6) is -0.682. The van der Waals surface area contributed by atoms with Crippen LogP contribution in [0.25, 0.3) is 0 Å². The van der Waals surface area contributed by atoms with Gasteiger partial charge in [-0.3, -0.25) is 4.79 Å². The van der Waals surface area contributed by atoms with Crippen LogP contribution in [0.15, 0.2) is 24.8 Å². The lowest BCUT2D eigenvalue weighted by Crippen LogP contribution is -1.93. The Labute approximate surface area is 86.3 Å². The van der Waals surface area contributed by atoms with E-state index in [0.717, 1.165) is 25.7 Å². The maximum Gasteiger partial charge on any atom is 0.303 e. The van der Waals surface area contributed by atoms with Gasteiger partial charge in [0.25, 0.3) is 0 Å². The van der Waals surface area contributed by atoms with Gasteiger partial charge < -0.3 is 5.11 Å². The van der Waals surface area contributed by atoms with Crippen molar-refractivity contribution in [3.8, 4) is 0 Å². The van der Waals surface area contributed by atoms with E-state index in [4.69, 9.17) is 5.11 Å². The van der Waals surface area contributed by atoms with E-state index in [-0.39, 0.29) is 0 Å². The predicted molar refractivity (Wildman–Crippen MR) is 59.3 cm³/mol. The molecule has 80 valence electrons. The summed E-state index contributed by atoms with van der Waals surface area (Å²) in [4.78, 5) is 10.2. The smallest absolute Gasteiger partial charge is 0.303 e. The van der Waals surface area contributed by atoms with Crippen molar-refractivity contribution < 1.29 is 9.90 Å². The Hall–Kier alpha value is -1.05. The molecule has 2 nitrogen and oxygen atoms in total. The Balaban J connectivity index is 3.02. The Bertz CT molecular complexity index is 183. The van der Waals surface area contributed by atoms with Crippen LogP contribution in [0.3, 0.4) is 0 Å². The van der Waals surface area contributed by atoms with Crippen molar-refractivity contribution in [3.63, 3.8) is 0 Å². The average Bonchev–Trinajstić information content (AvgIpc) is 2.15. The van der Waals surface area contributed by atoms with E-state index >= 15 is 0 Å². The van der Waals surface area contributed by atoms with Gasteiger partial charge in [-0.15, -0.1) is 0 Å². The van der Waals surface area contributed by atoms with E-state index in [1.807, 2.05) is 6.08 Å². The van der Waals surface area contributed by atoms with Crippen molar-refractivity contribution in [1.82, 2.24) is 0 Å². The highest BCUT2D eigenvalue weighted by molar-refractivity contribution is 5.66. The fourth-order valence-electron chi connectivity index (χ4n) is 1.26. The molecular formula is C12H20O2. The van der Waals surface area contributed by atoms with E-state index in [9.17, 15) is 4.79 Å². The van der Waals surface area contributed by atoms with E-state index in [2.05, 4.69) is 12.7 Å². The number of hydrogen-bond acceptors (Lipinski definition) is 1. The van der Waals surface area contributed by atoms with Gasteiger partial charge >= 0.3 is 5.97 Å². The first-order valence-electron chi connectivity index (χ1n) is 5.26. The predicted octanol–water partition coefficient (Wildman–Crippen LogP) is 3.54. The van der Waals surface area contributed by atoms with Crippen LogP contribution >= 0.6 is 0 Å². The van der Waals surface area contributed by atoms with Gasteiger partial charge in [0.1, 0.15) is 0 Å². The lowest BCUT2D eigenvalue weighted by molar-refractivity contribution is -0.137. The van der Waals surface area contributed by atoms with Gasteiger partial charge in [-0.05, 0) is 19.3 Å². The quantitative estimate of drug-likeness (QED) is 0.452. The van der Waals surface area contributed by atoms with Crippen LogP contribution in [-0.4, -0.2) is 11.1 Å². The molecule has 0 aliphatic heterocycles. The van der Waals surface area contributed by atoms with Gasteiger partial charge in [0, 0.05) is 6.42 Å². The summed E-state index contributed by atoms with van der Waals surface area (Å²) in [5.41, 5.74) is 0. The van der Waals surface area contributed by atoms with Crippen LogP contribution in [0, 0.1) is 0 Å². The first kappa shape index (κ1) is 12.9. The highest BCUT2D eigenvalue weighted by Crippen LogP contribution is 2.07. The molecular weight excluding hydrogens is 176 g/mol. The number of unbranched alkanes of at least 4 members (excludes halogenated alkanes) is 5. The monoisotopic (exact) mass is 196 g/mol. The molecule has 0 aliphatic rings. The van der Waals surface area contributed by atoms with Crippen LogP contribution in [-0.2, 0) is 4.79 Å². The molecule has 0 radical (unpaired) electrons. The normalized spacial score (nSPS) is 10.6. The van der Waals surface area contributed by atoms with Crippen LogP contribution in [0.4, 0.5) is 0 Å². The third-order valence-corrected chi connectivity index (χ3v) is 2.03. The minimum Gasteiger partial charge on any atom is -0.481 e. The number of hydrogen-bond donors (Lipinski definition) is 1. The highest BCUT2D eigenvalue weighted by Gasteiger charge is 1.95. The Morgan fingerprint density at radius 1 is 1.14 bits per heavy atom. The summed E-state index contributed by atoms with van der Waals surface area (Å²) in [7, 11) is 0. The summed E-state index contributed by atoms with van der Waals surface area (Å²) >= 11 is 0. The molecule has 0 aromatic rings. The standard InChI is InChI=1S/C12H20O2/c1-2-3-4-5-6-7-8-9-10-11-12(13)14/h2-4H,1,5-11H2,(H,13,14)/b4-3-. The van der Waals surface area contributed by atoms with Gasteiger partial charge in [0.2, 0.25) is 0 Å². The van der Waals surface area contributed by atoms with Crippen LogP contribution in [0.5, 0.6) is 0 Å². The molecule has 0 aromatic carbocycles. The molecule has 0 spiro atoms. The molecule has 0 saturated heterocycles. The Kier molecular flexibility index (Phi) is 9.28. The highest BCUT2D eigenvalue weighted by atomic mass is 16.4. The minimum atomic E-state index is -0.682. The summed E-state index contributed by atoms with van der Waals surface area (Å²) in [5, 5.41) is 8.39. The van der Waals surface area contributed by atoms with Crippen molar-refractivity contribution in [2.75, 3.05) is 0 Å². The second-order valence-electron chi connectivity index (χ2n) is 3.36. The molecule has 0 rings (SSSR count). The van der Waals surface area contributed by atoms with E-state index in [1.54, 1.807) is 6.08 Å². The molecule has 14 heavy (non-hydrogen) atoms. The fourth-order valence-corrected chi connectivity index (χ4v) is 1.26. The lowest BCUT2D eigenvalue weighted by Gasteiger charge is -1.97. The van der Waals surface area contributed by atoms with Gasteiger partial charge in [-0.25, -0.2) is 0 Å². The van der Waals surface area contributed by atoms with E-state index < -0.39 is 5.97 Å². The molecule has 0 aliphatic carbocycles. The maximum absolute atomic E-state index is 10.2. The van der Waals surface area contributed by atoms with Gasteiger partial charge in [-0.2, -0.15) is 0 Å². The van der Waals surface area contributed by atoms with Crippen LogP contribution < -0.4 is 0 Å². The minimum absolute atomic E-state index is 0.316. The number of aliphatic carboxylic acids is 1. The SMILES string of the molecule is C=C/C=C\CCCCCCCC(=O)O. The number of carbonyl (C=O) groups is 1. The van der Waals surface area contributed by atoms with Crippen LogP contribution in [0.1, 0.15) is 44.9 Å². The van der Waals surface area contributed by atoms with Crippen molar-refractivity contribution in [2.45, 2.75) is 44.9 Å². The molecule has 0 bridgehead atoms. The van der Waals surface area contributed by atoms with E-state index in [0.29, 0.717) is 6.42 Å². The zero-order valence-electron chi connectivity index (χ0n) is 8.74. The summed E-state index contributed by atoms with van der Waals surface area (Å²) in [6, 6.07) is 0. The Morgan fingerprint density at radius 3 is 2.43 bits per heavy atom. The number of carboxylic acid groups (broad SMARTS) is 1. The average molecular weight is 196 g/mol. The van der Waals surface area contributed by atoms with Crippen molar-refractivity contribution in [3.05, 3.63) is 24.8 Å². The summed E-state index contributed by atoms with van der Waals surface area (Å²) in [6.07, 6.45) is 12.7. The molecule has 0 unspecified atom stereocenters. The van der Waals surface area contributed by atoms with Gasteiger partial charge in [-0.1, -0.05) is 44.1 Å². The second-order valence-corrected chi connectivity index (χ2v) is 3.36. The number of carboxylic acids is 1. The van der Waals surface area contributed by atoms with Gasteiger partial charge in [0.05, 0.1) is 0 Å². The zero-order valence-corrected chi connectivity index (χ0v) is 8.74. The lowest BCUT2D eigenvalue weighted by atomic mass is 10.1. The third-order valence-electron chi connectivity index (χ3n) is 2.03.